The van der Waals surface area contributed by atoms with Crippen LogP contribution in [-0.2, 0) is 29.1 Å². The molecule has 3 heterocycles. The first kappa shape index (κ1) is 23.1. The number of hydroxylamine groups is 2. The Kier molecular flexibility index (Phi) is 5.92. The normalized spacial score (nSPS) is 19.6. The Morgan fingerprint density at radius 3 is 2.74 bits per heavy atom. The van der Waals surface area contributed by atoms with E-state index in [-0.39, 0.29) is 30.5 Å². The molecule has 2 aliphatic rings. The number of amides is 4. The number of anilines is 1. The van der Waals surface area contributed by atoms with E-state index in [1.165, 1.54) is 29.7 Å². The number of carbonyl (C=O) groups excluding carboxylic acids is 3. The minimum absolute atomic E-state index is 0.00358. The van der Waals surface area contributed by atoms with E-state index in [0.29, 0.717) is 17.7 Å². The van der Waals surface area contributed by atoms with Gasteiger partial charge in [-0.25, -0.2) is 18.6 Å². The van der Waals surface area contributed by atoms with E-state index in [4.69, 9.17) is 10.1 Å². The van der Waals surface area contributed by atoms with Crippen LogP contribution in [0.1, 0.15) is 34.2 Å². The lowest BCUT2D eigenvalue weighted by Gasteiger charge is -2.33. The van der Waals surface area contributed by atoms with Crippen molar-refractivity contribution in [2.45, 2.75) is 38.6 Å². The molecule has 0 radical (unpaired) electrons. The van der Waals surface area contributed by atoms with Crippen LogP contribution in [-0.4, -0.2) is 63.8 Å². The van der Waals surface area contributed by atoms with Gasteiger partial charge in [-0.15, -0.1) is 0 Å². The third kappa shape index (κ3) is 3.81. The Bertz CT molecular complexity index is 1240. The molecular weight excluding hydrogens is 452 g/mol. The van der Waals surface area contributed by atoms with Gasteiger partial charge in [0.15, 0.2) is 11.9 Å². The summed E-state index contributed by atoms with van der Waals surface area (Å²) in [5.41, 5.74) is 0.142. The molecule has 13 heteroatoms. The molecule has 4 rings (SSSR count). The van der Waals surface area contributed by atoms with Crippen LogP contribution in [0.4, 0.5) is 19.3 Å². The number of likely N-dealkylation sites (N-methyl/N-ethyl adjacent to an activating group) is 1. The van der Waals surface area contributed by atoms with Gasteiger partial charge >= 0.3 is 6.03 Å². The monoisotopic (exact) mass is 473 g/mol. The van der Waals surface area contributed by atoms with Crippen molar-refractivity contribution in [3.05, 3.63) is 46.3 Å². The number of urea groups is 1. The van der Waals surface area contributed by atoms with E-state index >= 15 is 0 Å². The second-order valence-electron chi connectivity index (χ2n) is 7.97. The Balaban J connectivity index is 1.64. The number of fused-ring (bicyclic) bond motifs is 3. The van der Waals surface area contributed by atoms with E-state index < -0.39 is 41.1 Å². The van der Waals surface area contributed by atoms with Gasteiger partial charge < -0.3 is 15.5 Å². The summed E-state index contributed by atoms with van der Waals surface area (Å²) in [7, 11) is 2.84. The molecule has 4 amide bonds. The predicted octanol–water partition coefficient (Wildman–Crippen LogP) is 1.14. The molecular formula is C21H21F2N7O4. The van der Waals surface area contributed by atoms with Crippen LogP contribution in [0.5, 0.6) is 0 Å². The van der Waals surface area contributed by atoms with Crippen molar-refractivity contribution in [1.29, 1.82) is 5.26 Å². The van der Waals surface area contributed by atoms with Crippen LogP contribution in [0.2, 0.25) is 0 Å². The second kappa shape index (κ2) is 8.71. The van der Waals surface area contributed by atoms with E-state index in [0.717, 1.165) is 17.2 Å². The fourth-order valence-corrected chi connectivity index (χ4v) is 4.05. The molecule has 2 atom stereocenters. The minimum atomic E-state index is -1.17. The Labute approximate surface area is 192 Å². The smallest absolute Gasteiger partial charge is 0.322 e. The zero-order chi connectivity index (χ0) is 24.7. The third-order valence-electron chi connectivity index (χ3n) is 5.84. The quantitative estimate of drug-likeness (QED) is 0.672. The summed E-state index contributed by atoms with van der Waals surface area (Å²) in [4.78, 5) is 44.9. The van der Waals surface area contributed by atoms with Crippen LogP contribution in [0.25, 0.3) is 0 Å². The number of nitrogens with zero attached hydrogens (tertiary/aromatic N) is 5. The van der Waals surface area contributed by atoms with Crippen molar-refractivity contribution < 1.29 is 28.0 Å². The van der Waals surface area contributed by atoms with Crippen LogP contribution >= 0.6 is 0 Å². The Morgan fingerprint density at radius 2 is 2.06 bits per heavy atom. The summed E-state index contributed by atoms with van der Waals surface area (Å²) in [6.07, 6.45) is -0.671. The van der Waals surface area contributed by atoms with Gasteiger partial charge in [-0.2, -0.15) is 10.4 Å². The molecule has 0 fully saturated rings. The first-order chi connectivity index (χ1) is 16.2. The predicted molar refractivity (Wildman–Crippen MR) is 112 cm³/mol. The highest BCUT2D eigenvalue weighted by Gasteiger charge is 2.39. The van der Waals surface area contributed by atoms with Crippen LogP contribution in [0, 0.1) is 23.0 Å². The van der Waals surface area contributed by atoms with Crippen molar-refractivity contribution in [2.24, 2.45) is 0 Å². The summed E-state index contributed by atoms with van der Waals surface area (Å²) in [5.74, 6) is -3.15. The van der Waals surface area contributed by atoms with Gasteiger partial charge in [-0.1, -0.05) is 0 Å². The van der Waals surface area contributed by atoms with E-state index in [9.17, 15) is 23.2 Å². The van der Waals surface area contributed by atoms with Gasteiger partial charge in [0.2, 0.25) is 0 Å². The van der Waals surface area contributed by atoms with E-state index in [1.807, 2.05) is 0 Å². The molecule has 0 aliphatic carbocycles. The molecule has 0 saturated carbocycles. The summed E-state index contributed by atoms with van der Waals surface area (Å²) < 4.78 is 29.5. The zero-order valence-corrected chi connectivity index (χ0v) is 18.6. The van der Waals surface area contributed by atoms with E-state index in [2.05, 4.69) is 15.7 Å². The molecule has 11 nitrogen and oxygen atoms in total. The number of hydrogen-bond acceptors (Lipinski definition) is 6. The number of benzene rings is 1. The molecule has 1 aromatic heterocycles. The van der Waals surface area contributed by atoms with Gasteiger partial charge in [0.1, 0.15) is 23.1 Å². The van der Waals surface area contributed by atoms with Gasteiger partial charge in [-0.05, 0) is 19.1 Å². The number of halogens is 2. The van der Waals surface area contributed by atoms with Crippen molar-refractivity contribution in [3.63, 3.8) is 0 Å². The highest BCUT2D eigenvalue weighted by atomic mass is 19.1. The molecule has 1 aromatic carbocycles. The average Bonchev–Trinajstić information content (AvgIpc) is 3.09. The topological polar surface area (TPSA) is 133 Å². The molecule has 0 saturated heterocycles. The Hall–Kier alpha value is -4.05. The molecule has 0 spiro atoms. The van der Waals surface area contributed by atoms with Crippen LogP contribution in [0.15, 0.2) is 12.1 Å². The fourth-order valence-electron chi connectivity index (χ4n) is 4.05. The number of nitrogens with one attached hydrogen (secondary N) is 2. The number of hydrogen-bond donors (Lipinski definition) is 2. The van der Waals surface area contributed by atoms with Crippen molar-refractivity contribution in [3.8, 4) is 6.07 Å². The number of nitriles is 1. The summed E-state index contributed by atoms with van der Waals surface area (Å²) in [6.45, 7) is 1.74. The number of carbonyl (C=O) groups is 3. The minimum Gasteiger partial charge on any atom is -0.357 e. The average molecular weight is 473 g/mol. The lowest BCUT2D eigenvalue weighted by atomic mass is 9.99. The van der Waals surface area contributed by atoms with Gasteiger partial charge in [0.25, 0.3) is 11.8 Å². The standard InChI is InChI=1S/C21H21F2N7O4/c1-10-6-15-12(18-20(32)28(3)34-16(19(31)25-2)9-30(18)27-15)8-29(10)21(33)26-14-5-4-13(22)11(7-24)17(14)23/h4-5,10,16H,6,8-9H2,1-3H3,(H,25,31)(H,26,33). The van der Waals surface area contributed by atoms with Crippen molar-refractivity contribution >= 4 is 23.5 Å². The summed E-state index contributed by atoms with van der Waals surface area (Å²) in [5, 5.41) is 19.3. The van der Waals surface area contributed by atoms with Crippen LogP contribution < -0.4 is 10.6 Å². The molecule has 2 aromatic rings. The maximum absolute atomic E-state index is 14.4. The molecule has 0 bridgehead atoms. The zero-order valence-electron chi connectivity index (χ0n) is 18.6. The SMILES string of the molecule is CNC(=O)C1Cn2nc3c(c2C(=O)N(C)O1)CN(C(=O)Nc1ccc(F)c(C#N)c1F)C(C)C3. The van der Waals surface area contributed by atoms with Crippen molar-refractivity contribution in [1.82, 2.24) is 25.1 Å². The van der Waals surface area contributed by atoms with E-state index in [1.54, 1.807) is 6.92 Å². The number of rotatable bonds is 2. The van der Waals surface area contributed by atoms with Crippen molar-refractivity contribution in [2.75, 3.05) is 19.4 Å². The molecule has 2 N–H and O–H groups in total. The third-order valence-corrected chi connectivity index (χ3v) is 5.84. The molecule has 34 heavy (non-hydrogen) atoms. The lowest BCUT2D eigenvalue weighted by molar-refractivity contribution is -0.168. The van der Waals surface area contributed by atoms with Gasteiger partial charge in [-0.3, -0.25) is 19.1 Å². The highest BCUT2D eigenvalue weighted by molar-refractivity contribution is 5.95. The van der Waals surface area contributed by atoms with Gasteiger partial charge in [0, 0.05) is 32.1 Å². The fraction of sp³-hybridized carbons (Fsp3) is 0.381. The molecule has 178 valence electrons. The first-order valence-electron chi connectivity index (χ1n) is 10.4. The maximum atomic E-state index is 14.4. The van der Waals surface area contributed by atoms with Gasteiger partial charge in [0.05, 0.1) is 24.5 Å². The first-order valence-corrected chi connectivity index (χ1v) is 10.4. The summed E-state index contributed by atoms with van der Waals surface area (Å²) >= 11 is 0. The maximum Gasteiger partial charge on any atom is 0.322 e. The summed E-state index contributed by atoms with van der Waals surface area (Å²) in [6, 6.07) is 2.29. The van der Waals surface area contributed by atoms with Crippen LogP contribution in [0.3, 0.4) is 0 Å². The molecule has 2 unspecified atom stereocenters. The number of aromatic nitrogens is 2. The largest absolute Gasteiger partial charge is 0.357 e. The second-order valence-corrected chi connectivity index (χ2v) is 7.97. The lowest BCUT2D eigenvalue weighted by Crippen LogP contribution is -2.45. The molecule has 2 aliphatic heterocycles. The highest BCUT2D eigenvalue weighted by Crippen LogP contribution is 2.30. The Morgan fingerprint density at radius 1 is 1.32 bits per heavy atom.